The number of methoxy groups -OCH3 is 2. The summed E-state index contributed by atoms with van der Waals surface area (Å²) in [6, 6.07) is 16.9. The minimum atomic E-state index is -0.869. The van der Waals surface area contributed by atoms with Crippen LogP contribution in [-0.2, 0) is 9.59 Å². The molecule has 182 valence electrons. The fourth-order valence-corrected chi connectivity index (χ4v) is 3.51. The van der Waals surface area contributed by atoms with Gasteiger partial charge in [0.15, 0.2) is 11.5 Å². The molecule has 4 amide bonds. The van der Waals surface area contributed by atoms with Crippen LogP contribution in [0, 0.1) is 6.92 Å². The molecular weight excluding hydrogens is 464 g/mol. The number of nitrogens with one attached hydrogen (secondary N) is 1. The zero-order valence-electron chi connectivity index (χ0n) is 19.7. The van der Waals surface area contributed by atoms with Crippen LogP contribution < -0.4 is 24.4 Å². The van der Waals surface area contributed by atoms with Crippen molar-refractivity contribution in [3.63, 3.8) is 0 Å². The molecule has 0 bridgehead atoms. The number of esters is 1. The van der Waals surface area contributed by atoms with Crippen molar-refractivity contribution >= 4 is 35.6 Å². The average Bonchev–Trinajstić information content (AvgIpc) is 2.87. The van der Waals surface area contributed by atoms with Crippen molar-refractivity contribution in [1.82, 2.24) is 5.32 Å². The minimum Gasteiger partial charge on any atom is -0.497 e. The predicted octanol–water partition coefficient (Wildman–Crippen LogP) is 3.90. The van der Waals surface area contributed by atoms with E-state index in [0.29, 0.717) is 16.9 Å². The monoisotopic (exact) mass is 486 g/mol. The number of carbonyl (C=O) groups is 4. The van der Waals surface area contributed by atoms with Gasteiger partial charge in [-0.15, -0.1) is 0 Å². The van der Waals surface area contributed by atoms with E-state index < -0.39 is 23.8 Å². The van der Waals surface area contributed by atoms with Gasteiger partial charge in [-0.05, 0) is 55.0 Å². The smallest absolute Gasteiger partial charge is 0.343 e. The first-order valence-electron chi connectivity index (χ1n) is 10.8. The molecule has 0 atom stereocenters. The van der Waals surface area contributed by atoms with Gasteiger partial charge in [0.05, 0.1) is 25.5 Å². The number of carbonyl (C=O) groups excluding carboxylic acids is 4. The molecule has 1 aliphatic heterocycles. The lowest BCUT2D eigenvalue weighted by Crippen LogP contribution is -2.54. The van der Waals surface area contributed by atoms with E-state index in [2.05, 4.69) is 5.32 Å². The third kappa shape index (κ3) is 4.95. The van der Waals surface area contributed by atoms with Crippen molar-refractivity contribution in [3.8, 4) is 17.2 Å². The standard InChI is InChI=1S/C27H22N2O7/c1-16-7-10-18(11-8-16)26(32)36-22-12-9-17(14-23(22)35-3)13-21-24(30)28-27(33)29(25(21)31)19-5-4-6-20(15-19)34-2/h4-15H,1-3H3,(H,28,30,33)/b21-13+. The lowest BCUT2D eigenvalue weighted by Gasteiger charge is -2.26. The molecule has 1 fully saturated rings. The highest BCUT2D eigenvalue weighted by molar-refractivity contribution is 6.39. The number of benzene rings is 3. The van der Waals surface area contributed by atoms with Gasteiger partial charge in [0.25, 0.3) is 11.8 Å². The average molecular weight is 486 g/mol. The Kier molecular flexibility index (Phi) is 6.82. The molecule has 0 spiro atoms. The van der Waals surface area contributed by atoms with Crippen molar-refractivity contribution in [3.05, 3.63) is 89.0 Å². The summed E-state index contributed by atoms with van der Waals surface area (Å²) in [5, 5.41) is 2.17. The van der Waals surface area contributed by atoms with Crippen LogP contribution >= 0.6 is 0 Å². The fraction of sp³-hybridized carbons (Fsp3) is 0.111. The summed E-state index contributed by atoms with van der Waals surface area (Å²) in [4.78, 5) is 51.4. The molecule has 1 saturated heterocycles. The maximum atomic E-state index is 13.1. The summed E-state index contributed by atoms with van der Waals surface area (Å²) in [6.45, 7) is 1.91. The van der Waals surface area contributed by atoms with Crippen molar-refractivity contribution in [2.75, 3.05) is 19.1 Å². The number of imide groups is 2. The molecule has 1 aliphatic rings. The summed E-state index contributed by atoms with van der Waals surface area (Å²) in [6.07, 6.45) is 1.32. The zero-order chi connectivity index (χ0) is 25.8. The van der Waals surface area contributed by atoms with Gasteiger partial charge in [0, 0.05) is 6.07 Å². The molecule has 1 N–H and O–H groups in total. The van der Waals surface area contributed by atoms with Crippen LogP contribution in [0.2, 0.25) is 0 Å². The van der Waals surface area contributed by atoms with Crippen LogP contribution in [0.25, 0.3) is 6.08 Å². The summed E-state index contributed by atoms with van der Waals surface area (Å²) in [5.74, 6) is -1.37. The Labute approximate surface area is 206 Å². The minimum absolute atomic E-state index is 0.165. The predicted molar refractivity (Wildman–Crippen MR) is 131 cm³/mol. The number of hydrogen-bond donors (Lipinski definition) is 1. The first kappa shape index (κ1) is 24.2. The van der Waals surface area contributed by atoms with Crippen LogP contribution in [-0.4, -0.2) is 38.0 Å². The van der Waals surface area contributed by atoms with Crippen LogP contribution in [0.5, 0.6) is 17.2 Å². The van der Waals surface area contributed by atoms with E-state index in [0.717, 1.165) is 10.5 Å². The summed E-state index contributed by atoms with van der Waals surface area (Å²) >= 11 is 0. The second-order valence-corrected chi connectivity index (χ2v) is 7.83. The second-order valence-electron chi connectivity index (χ2n) is 7.83. The van der Waals surface area contributed by atoms with Gasteiger partial charge in [0.2, 0.25) is 0 Å². The Morgan fingerprint density at radius 3 is 2.33 bits per heavy atom. The van der Waals surface area contributed by atoms with Gasteiger partial charge in [-0.1, -0.05) is 29.8 Å². The number of urea groups is 1. The lowest BCUT2D eigenvalue weighted by molar-refractivity contribution is -0.122. The van der Waals surface area contributed by atoms with Gasteiger partial charge < -0.3 is 14.2 Å². The number of amides is 4. The number of nitrogens with zero attached hydrogens (tertiary/aromatic N) is 1. The van der Waals surface area contributed by atoms with Crippen molar-refractivity contribution in [2.24, 2.45) is 0 Å². The highest BCUT2D eigenvalue weighted by Crippen LogP contribution is 2.31. The Morgan fingerprint density at radius 1 is 0.889 bits per heavy atom. The van der Waals surface area contributed by atoms with E-state index >= 15 is 0 Å². The molecule has 0 unspecified atom stereocenters. The number of ether oxygens (including phenoxy) is 3. The van der Waals surface area contributed by atoms with E-state index in [1.165, 1.54) is 38.5 Å². The highest BCUT2D eigenvalue weighted by Gasteiger charge is 2.37. The topological polar surface area (TPSA) is 111 Å². The number of rotatable bonds is 6. The first-order chi connectivity index (χ1) is 17.3. The molecule has 0 aromatic heterocycles. The number of aryl methyl sites for hydroxylation is 1. The fourth-order valence-electron chi connectivity index (χ4n) is 3.51. The van der Waals surface area contributed by atoms with Crippen LogP contribution in [0.1, 0.15) is 21.5 Å². The largest absolute Gasteiger partial charge is 0.497 e. The van der Waals surface area contributed by atoms with Crippen LogP contribution in [0.3, 0.4) is 0 Å². The molecule has 36 heavy (non-hydrogen) atoms. The normalized spacial score (nSPS) is 14.5. The van der Waals surface area contributed by atoms with E-state index in [9.17, 15) is 19.2 Å². The maximum Gasteiger partial charge on any atom is 0.343 e. The van der Waals surface area contributed by atoms with E-state index in [1.807, 2.05) is 6.92 Å². The molecule has 0 radical (unpaired) electrons. The molecule has 3 aromatic rings. The lowest BCUT2D eigenvalue weighted by atomic mass is 10.1. The third-order valence-corrected chi connectivity index (χ3v) is 5.40. The Bertz CT molecular complexity index is 1390. The highest BCUT2D eigenvalue weighted by atomic mass is 16.6. The molecule has 1 heterocycles. The third-order valence-electron chi connectivity index (χ3n) is 5.40. The molecule has 0 saturated carbocycles. The maximum absolute atomic E-state index is 13.1. The van der Waals surface area contributed by atoms with Crippen molar-refractivity contribution in [2.45, 2.75) is 6.92 Å². The quantitative estimate of drug-likeness (QED) is 0.243. The number of barbiturate groups is 1. The van der Waals surface area contributed by atoms with Gasteiger partial charge in [0.1, 0.15) is 11.3 Å². The first-order valence-corrected chi connectivity index (χ1v) is 10.8. The Balaban J connectivity index is 1.62. The van der Waals surface area contributed by atoms with Crippen molar-refractivity contribution in [1.29, 1.82) is 0 Å². The summed E-state index contributed by atoms with van der Waals surface area (Å²) < 4.78 is 16.0. The Hall–Kier alpha value is -4.92. The van der Waals surface area contributed by atoms with Crippen LogP contribution in [0.15, 0.2) is 72.3 Å². The molecule has 9 nitrogen and oxygen atoms in total. The number of anilines is 1. The van der Waals surface area contributed by atoms with E-state index in [1.54, 1.807) is 48.5 Å². The van der Waals surface area contributed by atoms with E-state index in [-0.39, 0.29) is 22.8 Å². The molecule has 9 heteroatoms. The zero-order valence-corrected chi connectivity index (χ0v) is 19.7. The van der Waals surface area contributed by atoms with E-state index in [4.69, 9.17) is 14.2 Å². The molecule has 3 aromatic carbocycles. The van der Waals surface area contributed by atoms with Crippen molar-refractivity contribution < 1.29 is 33.4 Å². The summed E-state index contributed by atoms with van der Waals surface area (Å²) in [7, 11) is 2.86. The second kappa shape index (κ2) is 10.1. The van der Waals surface area contributed by atoms with Gasteiger partial charge in [-0.25, -0.2) is 14.5 Å². The molecular formula is C27H22N2O7. The molecule has 0 aliphatic carbocycles. The van der Waals surface area contributed by atoms with Gasteiger partial charge in [-0.3, -0.25) is 14.9 Å². The van der Waals surface area contributed by atoms with Gasteiger partial charge >= 0.3 is 12.0 Å². The summed E-state index contributed by atoms with van der Waals surface area (Å²) in [5.41, 5.74) is 1.78. The Morgan fingerprint density at radius 2 is 1.64 bits per heavy atom. The number of hydrogen-bond acceptors (Lipinski definition) is 7. The van der Waals surface area contributed by atoms with Gasteiger partial charge in [-0.2, -0.15) is 0 Å². The SMILES string of the molecule is COc1cccc(N2C(=O)NC(=O)/C(=C\c3ccc(OC(=O)c4ccc(C)cc4)c(OC)c3)C2=O)c1. The van der Waals surface area contributed by atoms with Crippen LogP contribution in [0.4, 0.5) is 10.5 Å². The molecule has 4 rings (SSSR count).